The smallest absolute Gasteiger partial charge is 0.471 e. The van der Waals surface area contributed by atoms with E-state index in [1.54, 1.807) is 12.2 Å². The van der Waals surface area contributed by atoms with E-state index in [9.17, 15) is 37.9 Å². The van der Waals surface area contributed by atoms with E-state index in [4.69, 9.17) is 18.9 Å². The number of aromatic hydroxyl groups is 1. The van der Waals surface area contributed by atoms with E-state index in [2.05, 4.69) is 16.3 Å². The van der Waals surface area contributed by atoms with Gasteiger partial charge in [-0.2, -0.15) is 18.4 Å². The van der Waals surface area contributed by atoms with Gasteiger partial charge in [-0.25, -0.2) is 0 Å². The number of esters is 1. The quantitative estimate of drug-likeness (QED) is 0.178. The molecule has 0 saturated carbocycles. The first kappa shape index (κ1) is 41.8. The number of hydrogen-bond acceptors (Lipinski definition) is 11. The standard InChI is InChI=1S/C37H44F3N5O8.Ac/c1-7-8-9-10-26(46)53-34-27-20(11-17(2)31(34)50-6)12-22-24(14-41)45-23(29(27)44(22)5)13-21-28(33-32(51-16-52-33)18(3)30(21)47)25(45)15-42-35(48)19(4)43-36(49)37(38,39)40;/h11,19,22-25,29,47H,7-10,12-13,15-16H2,1-6H3,(H,42,48)(H,43,49);/t19-,22-,23?,24-,25-,29-;/m0./s1. The maximum Gasteiger partial charge on any atom is 0.471 e. The van der Waals surface area contributed by atoms with Gasteiger partial charge in [-0.3, -0.25) is 24.2 Å². The summed E-state index contributed by atoms with van der Waals surface area (Å²) in [5.74, 6) is -2.24. The zero-order valence-corrected chi connectivity index (χ0v) is 35.8. The molecule has 1 fully saturated rings. The fraction of sp³-hybridized carbons (Fsp3) is 0.568. The van der Waals surface area contributed by atoms with E-state index >= 15 is 0 Å². The van der Waals surface area contributed by atoms with Gasteiger partial charge in [0.15, 0.2) is 23.0 Å². The maximum absolute atomic E-state index is 13.3. The molecule has 2 bridgehead atoms. The topological polar surface area (TPSA) is 163 Å². The number of methoxy groups -OCH3 is 1. The number of fused-ring (bicyclic) bond motifs is 9. The van der Waals surface area contributed by atoms with Crippen LogP contribution in [0.3, 0.4) is 0 Å². The van der Waals surface area contributed by atoms with Crippen LogP contribution in [0.15, 0.2) is 6.07 Å². The van der Waals surface area contributed by atoms with Gasteiger partial charge in [0.1, 0.15) is 17.8 Å². The summed E-state index contributed by atoms with van der Waals surface area (Å²) in [6.45, 7) is 6.38. The van der Waals surface area contributed by atoms with Gasteiger partial charge in [0.25, 0.3) is 0 Å². The molecule has 4 heterocycles. The number of nitrogens with one attached hydrogen (secondary N) is 2. The molecule has 1 radical (unpaired) electrons. The molecule has 0 aromatic heterocycles. The van der Waals surface area contributed by atoms with Crippen molar-refractivity contribution >= 4 is 17.8 Å². The van der Waals surface area contributed by atoms with Crippen molar-refractivity contribution in [2.24, 2.45) is 0 Å². The van der Waals surface area contributed by atoms with Gasteiger partial charge >= 0.3 is 18.1 Å². The van der Waals surface area contributed by atoms with Crippen molar-refractivity contribution in [1.82, 2.24) is 20.4 Å². The molecule has 6 atom stereocenters. The van der Waals surface area contributed by atoms with E-state index in [0.29, 0.717) is 58.1 Å². The molecule has 2 aromatic rings. The second-order valence-electron chi connectivity index (χ2n) is 14.1. The van der Waals surface area contributed by atoms with Gasteiger partial charge in [0.2, 0.25) is 12.7 Å². The molecule has 0 aliphatic carbocycles. The monoisotopic (exact) mass is 970 g/mol. The molecular weight excluding hydrogens is 926 g/mol. The molecule has 3 N–H and O–H groups in total. The van der Waals surface area contributed by atoms with E-state index in [1.165, 1.54) is 7.11 Å². The minimum atomic E-state index is -5.19. The summed E-state index contributed by atoms with van der Waals surface area (Å²) in [6.07, 6.45) is -1.90. The summed E-state index contributed by atoms with van der Waals surface area (Å²) in [5.41, 5.74) is 3.79. The van der Waals surface area contributed by atoms with Crippen molar-refractivity contribution in [2.45, 2.75) is 109 Å². The number of phenolic OH excluding ortho intramolecular Hbond substituents is 1. The predicted molar refractivity (Wildman–Crippen MR) is 183 cm³/mol. The molecule has 289 valence electrons. The number of amides is 2. The Morgan fingerprint density at radius 3 is 2.46 bits per heavy atom. The van der Waals surface area contributed by atoms with Crippen molar-refractivity contribution in [3.05, 3.63) is 39.4 Å². The summed E-state index contributed by atoms with van der Waals surface area (Å²) in [7, 11) is 3.41. The van der Waals surface area contributed by atoms with Crippen LogP contribution in [0, 0.1) is 69.2 Å². The first-order valence-electron chi connectivity index (χ1n) is 17.7. The Hall–Kier alpha value is -3.31. The number of alkyl halides is 3. The number of carbonyl (C=O) groups excluding carboxylic acids is 3. The number of carbonyl (C=O) groups is 3. The molecule has 2 amide bonds. The van der Waals surface area contributed by atoms with Crippen LogP contribution < -0.4 is 29.6 Å². The first-order chi connectivity index (χ1) is 25.1. The number of halogens is 3. The zero-order chi connectivity index (χ0) is 38.5. The minimum absolute atomic E-state index is 0. The number of likely N-dealkylation sites (N-methyl/N-ethyl adjacent to an activating group) is 1. The van der Waals surface area contributed by atoms with Crippen molar-refractivity contribution in [3.63, 3.8) is 0 Å². The third-order valence-corrected chi connectivity index (χ3v) is 10.9. The van der Waals surface area contributed by atoms with Crippen LogP contribution in [0.25, 0.3) is 0 Å². The van der Waals surface area contributed by atoms with Crippen LogP contribution in [0.1, 0.15) is 85.0 Å². The van der Waals surface area contributed by atoms with Crippen LogP contribution in [0.5, 0.6) is 28.7 Å². The maximum atomic E-state index is 13.3. The van der Waals surface area contributed by atoms with E-state index < -0.39 is 54.2 Å². The van der Waals surface area contributed by atoms with E-state index in [1.807, 2.05) is 31.9 Å². The fourth-order valence-corrected chi connectivity index (χ4v) is 8.50. The molecule has 6 rings (SSSR count). The van der Waals surface area contributed by atoms with Crippen molar-refractivity contribution in [3.8, 4) is 34.8 Å². The Morgan fingerprint density at radius 1 is 1.11 bits per heavy atom. The molecule has 13 nitrogen and oxygen atoms in total. The van der Waals surface area contributed by atoms with Gasteiger partial charge < -0.3 is 34.7 Å². The van der Waals surface area contributed by atoms with Crippen LogP contribution in [0.2, 0.25) is 0 Å². The van der Waals surface area contributed by atoms with Crippen LogP contribution in [-0.2, 0) is 27.2 Å². The Morgan fingerprint density at radius 2 is 1.81 bits per heavy atom. The number of benzene rings is 2. The van der Waals surface area contributed by atoms with Crippen LogP contribution >= 0.6 is 0 Å². The Kier molecular flexibility index (Phi) is 12.7. The van der Waals surface area contributed by atoms with Crippen molar-refractivity contribution in [1.29, 1.82) is 5.26 Å². The molecule has 1 saturated heterocycles. The number of hydrogen-bond donors (Lipinski definition) is 3. The van der Waals surface area contributed by atoms with Crippen LogP contribution in [-0.4, -0.2) is 90.5 Å². The molecule has 4 aliphatic heterocycles. The molecular formula is C37H44AcF3N5O8. The second kappa shape index (κ2) is 16.4. The number of nitriles is 1. The Balaban J connectivity index is 0.00000561. The van der Waals surface area contributed by atoms with Gasteiger partial charge in [-0.15, -0.1) is 0 Å². The SMILES string of the molecule is CCCCCC(=O)Oc1c(OC)c(C)cc2c1[C@@H]1C3Cc4c(O)c(C)c5c(c4[C@H](CNC(=O)[C@H](C)NC(=O)C(F)(F)F)N3[C@@H](C#N)[C@H](C2)N1C)OCO5.[Ac]. The number of rotatable bonds is 10. The van der Waals surface area contributed by atoms with E-state index in [0.717, 1.165) is 30.9 Å². The van der Waals surface area contributed by atoms with Gasteiger partial charge in [0.05, 0.1) is 25.3 Å². The number of piperazine rings is 1. The van der Waals surface area contributed by atoms with Gasteiger partial charge in [-0.1, -0.05) is 25.8 Å². The summed E-state index contributed by atoms with van der Waals surface area (Å²) in [6, 6.07) is -0.161. The van der Waals surface area contributed by atoms with Crippen LogP contribution in [0.4, 0.5) is 13.2 Å². The van der Waals surface area contributed by atoms with Crippen molar-refractivity contribution in [2.75, 3.05) is 27.5 Å². The van der Waals surface area contributed by atoms with E-state index in [-0.39, 0.29) is 82.0 Å². The first-order valence-corrected chi connectivity index (χ1v) is 17.7. The molecule has 1 unspecified atom stereocenters. The number of ether oxygens (including phenoxy) is 4. The Bertz CT molecular complexity index is 1870. The average molecular weight is 971 g/mol. The molecule has 0 spiro atoms. The Labute approximate surface area is 347 Å². The molecule has 4 aliphatic rings. The van der Waals surface area contributed by atoms with Crippen molar-refractivity contribution < 1.29 is 95.7 Å². The third kappa shape index (κ3) is 7.36. The molecule has 54 heavy (non-hydrogen) atoms. The predicted octanol–water partition coefficient (Wildman–Crippen LogP) is 4.19. The largest absolute Gasteiger partial charge is 0.507 e. The summed E-state index contributed by atoms with van der Waals surface area (Å²) in [5, 5.41) is 26.9. The summed E-state index contributed by atoms with van der Waals surface area (Å²) < 4.78 is 62.7. The third-order valence-electron chi connectivity index (χ3n) is 10.9. The van der Waals surface area contributed by atoms with Gasteiger partial charge in [-0.05, 0) is 58.2 Å². The second-order valence-corrected chi connectivity index (χ2v) is 14.1. The number of nitrogens with zero attached hydrogens (tertiary/aromatic N) is 3. The number of phenols is 1. The molecule has 2 aromatic carbocycles. The van der Waals surface area contributed by atoms with Gasteiger partial charge in [0, 0.05) is 91.4 Å². The average Bonchev–Trinajstić information content (AvgIpc) is 3.59. The number of aryl methyl sites for hydroxylation is 1. The normalized spacial score (nSPS) is 23.1. The summed E-state index contributed by atoms with van der Waals surface area (Å²) >= 11 is 0. The number of unbranched alkanes of at least 4 members (excludes halogenated alkanes) is 2. The fourth-order valence-electron chi connectivity index (χ4n) is 8.50. The molecule has 17 heteroatoms. The zero-order valence-electron chi connectivity index (χ0n) is 31.1. The summed E-state index contributed by atoms with van der Waals surface area (Å²) in [4.78, 5) is 42.2. The minimum Gasteiger partial charge on any atom is -0.507 e.